The lowest BCUT2D eigenvalue weighted by molar-refractivity contribution is 0.102. The summed E-state index contributed by atoms with van der Waals surface area (Å²) in [5.74, 6) is 0.388. The van der Waals surface area contributed by atoms with Gasteiger partial charge in [-0.05, 0) is 56.5 Å². The van der Waals surface area contributed by atoms with Crippen molar-refractivity contribution in [2.75, 3.05) is 29.1 Å². The molecule has 13 heteroatoms. The highest BCUT2D eigenvalue weighted by atomic mass is 32.2. The first-order valence-electron chi connectivity index (χ1n) is 12.2. The van der Waals surface area contributed by atoms with Gasteiger partial charge in [-0.1, -0.05) is 11.9 Å². The van der Waals surface area contributed by atoms with Crippen molar-refractivity contribution in [3.05, 3.63) is 47.4 Å². The molecule has 0 spiro atoms. The fraction of sp³-hybridized carbons (Fsp3) is 0.360. The second-order valence-electron chi connectivity index (χ2n) is 9.55. The summed E-state index contributed by atoms with van der Waals surface area (Å²) in [5, 5.41) is 11.0. The van der Waals surface area contributed by atoms with E-state index in [0.717, 1.165) is 17.4 Å². The lowest BCUT2D eigenvalue weighted by Gasteiger charge is -2.26. The fourth-order valence-electron chi connectivity index (χ4n) is 4.56. The Bertz CT molecular complexity index is 1510. The van der Waals surface area contributed by atoms with Gasteiger partial charge in [0.2, 0.25) is 5.95 Å². The third kappa shape index (κ3) is 5.07. The maximum absolute atomic E-state index is 13.1. The molecule has 1 aliphatic rings. The number of carbonyl (C=O) groups is 2. The molecule has 0 radical (unpaired) electrons. The summed E-state index contributed by atoms with van der Waals surface area (Å²) in [6.07, 6.45) is 8.49. The van der Waals surface area contributed by atoms with Crippen LogP contribution in [0.2, 0.25) is 0 Å². The normalized spacial score (nSPS) is 14.1. The monoisotopic (exact) mass is 534 g/mol. The van der Waals surface area contributed by atoms with Crippen molar-refractivity contribution in [1.82, 2.24) is 34.3 Å². The van der Waals surface area contributed by atoms with Crippen molar-refractivity contribution in [2.24, 2.45) is 13.0 Å². The first kappa shape index (κ1) is 25.7. The van der Waals surface area contributed by atoms with Crippen LogP contribution in [0.5, 0.6) is 0 Å². The Labute approximate surface area is 224 Å². The summed E-state index contributed by atoms with van der Waals surface area (Å²) in [6.45, 7) is 2.85. The van der Waals surface area contributed by atoms with Crippen molar-refractivity contribution in [3.63, 3.8) is 0 Å². The minimum absolute atomic E-state index is 0.0421. The molecule has 1 atom stereocenters. The van der Waals surface area contributed by atoms with Crippen LogP contribution in [0.3, 0.4) is 0 Å². The van der Waals surface area contributed by atoms with Gasteiger partial charge in [0.25, 0.3) is 5.91 Å². The number of hydrogen-bond donors (Lipinski definition) is 3. The lowest BCUT2D eigenvalue weighted by atomic mass is 9.99. The van der Waals surface area contributed by atoms with E-state index in [-0.39, 0.29) is 17.3 Å². The molecule has 1 aromatic carbocycles. The highest BCUT2D eigenvalue weighted by Crippen LogP contribution is 2.36. The van der Waals surface area contributed by atoms with E-state index >= 15 is 0 Å². The zero-order valence-corrected chi connectivity index (χ0v) is 22.5. The van der Waals surface area contributed by atoms with Crippen LogP contribution in [-0.2, 0) is 13.6 Å². The van der Waals surface area contributed by atoms with Gasteiger partial charge in [-0.15, -0.1) is 10.2 Å². The lowest BCUT2D eigenvalue weighted by Crippen LogP contribution is -2.30. The number of aldehydes is 1. The van der Waals surface area contributed by atoms with Crippen LogP contribution in [0.15, 0.2) is 30.7 Å². The Morgan fingerprint density at radius 2 is 2.13 bits per heavy atom. The quantitative estimate of drug-likeness (QED) is 0.205. The number of benzene rings is 1. The largest absolute Gasteiger partial charge is 0.381 e. The molecule has 38 heavy (non-hydrogen) atoms. The summed E-state index contributed by atoms with van der Waals surface area (Å²) >= 11 is 1.41. The molecule has 5 rings (SSSR count). The molecule has 1 amide bonds. The second-order valence-corrected chi connectivity index (χ2v) is 10.2. The van der Waals surface area contributed by atoms with Crippen LogP contribution in [0.25, 0.3) is 16.9 Å². The minimum atomic E-state index is -0.509. The number of hydrogen-bond acceptors (Lipinski definition) is 10. The number of anilines is 3. The Morgan fingerprint density at radius 1 is 1.34 bits per heavy atom. The number of nitrogen functional groups attached to an aromatic ring is 1. The predicted molar refractivity (Wildman–Crippen MR) is 148 cm³/mol. The second kappa shape index (κ2) is 10.4. The average Bonchev–Trinajstić information content (AvgIpc) is 3.57. The molecule has 12 nitrogen and oxygen atoms in total. The van der Waals surface area contributed by atoms with Crippen molar-refractivity contribution < 1.29 is 9.59 Å². The van der Waals surface area contributed by atoms with Gasteiger partial charge >= 0.3 is 0 Å². The summed E-state index contributed by atoms with van der Waals surface area (Å²) in [7, 11) is 3.79. The molecule has 1 fully saturated rings. The number of aromatic nitrogens is 6. The Hall–Kier alpha value is -3.97. The topological polar surface area (TPSA) is 148 Å². The number of nitrogens with two attached hydrogens (primary N) is 1. The summed E-state index contributed by atoms with van der Waals surface area (Å²) < 4.78 is 6.18. The van der Waals surface area contributed by atoms with Crippen LogP contribution in [0.4, 0.5) is 17.5 Å². The van der Waals surface area contributed by atoms with Crippen LogP contribution in [0.1, 0.15) is 46.0 Å². The summed E-state index contributed by atoms with van der Waals surface area (Å²) in [4.78, 5) is 36.3. The molecule has 4 aromatic rings. The number of aryl methyl sites for hydroxylation is 1. The third-order valence-electron chi connectivity index (χ3n) is 6.87. The maximum Gasteiger partial charge on any atom is 0.265 e. The number of fused-ring (bicyclic) bond motifs is 1. The van der Waals surface area contributed by atoms with Gasteiger partial charge in [0.15, 0.2) is 17.8 Å². The summed E-state index contributed by atoms with van der Waals surface area (Å²) in [6, 6.07) is 6.11. The van der Waals surface area contributed by atoms with Gasteiger partial charge in [-0.25, -0.2) is 14.5 Å². The van der Waals surface area contributed by atoms with Gasteiger partial charge in [0.05, 0.1) is 11.4 Å². The van der Waals surface area contributed by atoms with E-state index in [2.05, 4.69) is 44.1 Å². The Morgan fingerprint density at radius 3 is 2.79 bits per heavy atom. The summed E-state index contributed by atoms with van der Waals surface area (Å²) in [5.41, 5.74) is 10.2. The van der Waals surface area contributed by atoms with Crippen LogP contribution >= 0.6 is 11.9 Å². The van der Waals surface area contributed by atoms with Crippen molar-refractivity contribution in [2.45, 2.75) is 32.4 Å². The predicted octanol–water partition coefficient (Wildman–Crippen LogP) is 3.09. The molecule has 0 saturated heterocycles. The minimum Gasteiger partial charge on any atom is -0.381 e. The van der Waals surface area contributed by atoms with E-state index in [9.17, 15) is 9.59 Å². The van der Waals surface area contributed by atoms with E-state index < -0.39 is 5.91 Å². The molecule has 1 saturated carbocycles. The van der Waals surface area contributed by atoms with Gasteiger partial charge in [0, 0.05) is 43.2 Å². The first-order chi connectivity index (χ1) is 18.3. The number of nitrogens with one attached hydrogen (secondary N) is 2. The average molecular weight is 535 g/mol. The maximum atomic E-state index is 13.1. The van der Waals surface area contributed by atoms with E-state index in [0.29, 0.717) is 41.1 Å². The van der Waals surface area contributed by atoms with Crippen LogP contribution in [-0.4, -0.2) is 65.8 Å². The Balaban J connectivity index is 1.54. The van der Waals surface area contributed by atoms with Crippen molar-refractivity contribution >= 4 is 47.2 Å². The van der Waals surface area contributed by atoms with Gasteiger partial charge in [-0.2, -0.15) is 0 Å². The van der Waals surface area contributed by atoms with Crippen molar-refractivity contribution in [1.29, 1.82) is 0 Å². The zero-order chi connectivity index (χ0) is 27.0. The van der Waals surface area contributed by atoms with Crippen molar-refractivity contribution in [3.8, 4) is 11.3 Å². The fourth-order valence-corrected chi connectivity index (χ4v) is 4.95. The molecule has 1 aliphatic carbocycles. The SMILES string of the molecule is CSNc1cc(-c2ccn3nc(N)c(C(=O)Nc4ncn(C)n4)c3n2)cc(CN(C)C(C)C2CC2)c1C=O. The highest BCUT2D eigenvalue weighted by Gasteiger charge is 2.31. The number of rotatable bonds is 10. The zero-order valence-electron chi connectivity index (χ0n) is 21.7. The molecule has 0 bridgehead atoms. The third-order valence-corrected chi connectivity index (χ3v) is 7.30. The molecular weight excluding hydrogens is 504 g/mol. The van der Waals surface area contributed by atoms with E-state index in [4.69, 9.17) is 10.7 Å². The number of carbonyl (C=O) groups excluding carboxylic acids is 2. The molecule has 0 aliphatic heterocycles. The number of nitrogens with zero attached hydrogens (tertiary/aromatic N) is 7. The van der Waals surface area contributed by atoms with Gasteiger partial charge in [0.1, 0.15) is 11.9 Å². The first-order valence-corrected chi connectivity index (χ1v) is 13.4. The molecule has 4 N–H and O–H groups in total. The van der Waals surface area contributed by atoms with E-state index in [1.807, 2.05) is 18.4 Å². The van der Waals surface area contributed by atoms with E-state index in [1.165, 1.54) is 40.3 Å². The van der Waals surface area contributed by atoms with Crippen LogP contribution < -0.4 is 15.8 Å². The molecular formula is C25H30N10O2S. The Kier molecular flexibility index (Phi) is 7.04. The smallest absolute Gasteiger partial charge is 0.265 e. The molecule has 3 heterocycles. The number of amides is 1. The standard InChI is InChI=1S/C25H30N10O2S/c1-14(15-5-6-15)33(2)11-17-9-16(10-20(32-38-4)18(17)12-36)19-7-8-35-23(28-19)21(22(26)30-35)24(37)29-25-27-13-34(3)31-25/h7-10,12-15,32H,5-6,11H2,1-4H3,(H2,26,30)(H,29,31,37). The van der Waals surface area contributed by atoms with Gasteiger partial charge in [-0.3, -0.25) is 24.5 Å². The molecule has 1 unspecified atom stereocenters. The van der Waals surface area contributed by atoms with E-state index in [1.54, 1.807) is 19.3 Å². The van der Waals surface area contributed by atoms with Crippen LogP contribution in [0, 0.1) is 5.92 Å². The molecule has 198 valence electrons. The molecule has 3 aromatic heterocycles. The van der Waals surface area contributed by atoms with Gasteiger partial charge < -0.3 is 10.5 Å². The highest BCUT2D eigenvalue weighted by molar-refractivity contribution is 7.99.